The largest absolute Gasteiger partial charge is 0.376 e. The van der Waals surface area contributed by atoms with Crippen LogP contribution < -0.4 is 16.8 Å². The van der Waals surface area contributed by atoms with E-state index in [1.807, 2.05) is 13.8 Å². The van der Waals surface area contributed by atoms with Gasteiger partial charge >= 0.3 is 0 Å². The maximum absolute atomic E-state index is 5.02. The minimum atomic E-state index is 0.373. The Kier molecular flexibility index (Phi) is 53.1. The van der Waals surface area contributed by atoms with E-state index in [1.54, 1.807) is 0 Å². The Morgan fingerprint density at radius 3 is 1.22 bits per heavy atom. The highest BCUT2D eigenvalue weighted by molar-refractivity contribution is 7.89. The number of nitrogens with two attached hydrogens (primary N) is 2. The molecule has 0 fully saturated rings. The summed E-state index contributed by atoms with van der Waals surface area (Å²) in [6, 6.07) is 0. The molecular weight excluding hydrogens is 320 g/mol. The van der Waals surface area contributed by atoms with E-state index < -0.39 is 0 Å². The van der Waals surface area contributed by atoms with E-state index in [0.29, 0.717) is 10.5 Å². The molecule has 18 heavy (non-hydrogen) atoms. The van der Waals surface area contributed by atoms with Crippen LogP contribution in [0.15, 0.2) is 0 Å². The van der Waals surface area contributed by atoms with Crippen molar-refractivity contribution >= 4 is 57.0 Å². The molecule has 0 amide bonds. The van der Waals surface area contributed by atoms with E-state index in [2.05, 4.69) is 84.9 Å². The van der Waals surface area contributed by atoms with E-state index >= 15 is 0 Å². The van der Waals surface area contributed by atoms with Gasteiger partial charge in [0.2, 0.25) is 0 Å². The van der Waals surface area contributed by atoms with Crippen molar-refractivity contribution in [3.63, 3.8) is 0 Å². The lowest BCUT2D eigenvalue weighted by Crippen LogP contribution is -2.28. The standard InChI is InChI=1S/C5H12.C3H8N2S.C2H7N.2HPS/c1-5(2,3)4;1-2-5-3(4)6;1-2-3;2*1-2/h1-4H3;2H2,1H3,(H3,4,5,6);2-3H2,1H3;2*1H. The van der Waals surface area contributed by atoms with Crippen LogP contribution in [0.1, 0.15) is 41.5 Å². The monoisotopic (exact) mass is 349 g/mol. The van der Waals surface area contributed by atoms with Crippen molar-refractivity contribution in [3.05, 3.63) is 0 Å². The van der Waals surface area contributed by atoms with Crippen molar-refractivity contribution < 1.29 is 0 Å². The molecule has 8 heteroatoms. The molecule has 0 unspecified atom stereocenters. The van der Waals surface area contributed by atoms with E-state index in [1.165, 1.54) is 0 Å². The topological polar surface area (TPSA) is 64.1 Å². The first-order chi connectivity index (χ1) is 8.18. The van der Waals surface area contributed by atoms with E-state index in [-0.39, 0.29) is 0 Å². The molecular formula is C10H29N3P2S3. The first kappa shape index (κ1) is 31.2. The van der Waals surface area contributed by atoms with E-state index in [4.69, 9.17) is 11.5 Å². The summed E-state index contributed by atoms with van der Waals surface area (Å²) in [6.07, 6.45) is 0. The molecule has 0 saturated carbocycles. The van der Waals surface area contributed by atoms with Gasteiger partial charge in [0.05, 0.1) is 0 Å². The minimum absolute atomic E-state index is 0.373. The van der Waals surface area contributed by atoms with Crippen LogP contribution in [0, 0.1) is 5.41 Å². The molecule has 0 aliphatic carbocycles. The minimum Gasteiger partial charge on any atom is -0.376 e. The second-order valence-corrected chi connectivity index (χ2v) is 4.74. The Balaban J connectivity index is -0.0000000426. The molecule has 112 valence electrons. The maximum Gasteiger partial charge on any atom is 0.163 e. The quantitative estimate of drug-likeness (QED) is 0.500. The summed E-state index contributed by atoms with van der Waals surface area (Å²) >= 11 is 12.2. The molecule has 3 nitrogen and oxygen atoms in total. The smallest absolute Gasteiger partial charge is 0.163 e. The predicted molar refractivity (Wildman–Crippen MR) is 102 cm³/mol. The van der Waals surface area contributed by atoms with E-state index in [0.717, 1.165) is 13.1 Å². The van der Waals surface area contributed by atoms with Gasteiger partial charge in [-0.1, -0.05) is 58.2 Å². The molecule has 0 aliphatic rings. The van der Waals surface area contributed by atoms with Crippen LogP contribution in [0.4, 0.5) is 0 Å². The zero-order chi connectivity index (χ0) is 16.2. The summed E-state index contributed by atoms with van der Waals surface area (Å²) in [5.41, 5.74) is 10.4. The van der Waals surface area contributed by atoms with Crippen molar-refractivity contribution in [1.82, 2.24) is 5.32 Å². The van der Waals surface area contributed by atoms with Crippen LogP contribution >= 0.6 is 28.2 Å². The van der Waals surface area contributed by atoms with Crippen molar-refractivity contribution in [3.8, 4) is 0 Å². The van der Waals surface area contributed by atoms with Gasteiger partial charge in [0.25, 0.3) is 0 Å². The third-order valence-electron chi connectivity index (χ3n) is 0.351. The second-order valence-electron chi connectivity index (χ2n) is 4.30. The molecule has 0 spiro atoms. The van der Waals surface area contributed by atoms with Crippen LogP contribution in [0.25, 0.3) is 0 Å². The molecule has 0 rings (SSSR count). The molecule has 0 atom stereocenters. The Labute approximate surface area is 133 Å². The Morgan fingerprint density at radius 2 is 1.22 bits per heavy atom. The Bertz CT molecular complexity index is 148. The molecule has 0 aromatic rings. The summed E-state index contributed by atoms with van der Waals surface area (Å²) in [6.45, 7) is 14.2. The molecule has 0 radical (unpaired) electrons. The van der Waals surface area contributed by atoms with Crippen LogP contribution in [0.3, 0.4) is 0 Å². The van der Waals surface area contributed by atoms with E-state index in [9.17, 15) is 0 Å². The van der Waals surface area contributed by atoms with Crippen molar-refractivity contribution in [2.45, 2.75) is 41.5 Å². The van der Waals surface area contributed by atoms with Gasteiger partial charge in [0.1, 0.15) is 0 Å². The van der Waals surface area contributed by atoms with Gasteiger partial charge in [-0.2, -0.15) is 0 Å². The van der Waals surface area contributed by atoms with Crippen LogP contribution in [-0.4, -0.2) is 18.2 Å². The normalized spacial score (nSPS) is 7.28. The Morgan fingerprint density at radius 1 is 1.06 bits per heavy atom. The SMILES string of the molecule is CC(C)(C)C.CCN.CCNC(N)=S.P=S.P=S. The van der Waals surface area contributed by atoms with Crippen molar-refractivity contribution in [2.75, 3.05) is 13.1 Å². The van der Waals surface area contributed by atoms with Crippen LogP contribution in [0.5, 0.6) is 0 Å². The highest BCUT2D eigenvalue weighted by atomic mass is 32.4. The fourth-order valence-electron chi connectivity index (χ4n) is 0.174. The molecule has 0 saturated heterocycles. The van der Waals surface area contributed by atoms with Gasteiger partial charge in [0, 0.05) is 6.54 Å². The average Bonchev–Trinajstić information content (AvgIpc) is 2.22. The van der Waals surface area contributed by atoms with Gasteiger partial charge in [0.15, 0.2) is 5.11 Å². The molecule has 5 N–H and O–H groups in total. The van der Waals surface area contributed by atoms with Gasteiger partial charge < -0.3 is 16.8 Å². The summed E-state index contributed by atoms with van der Waals surface area (Å²) in [5, 5.41) is 3.09. The lowest BCUT2D eigenvalue weighted by atomic mass is 10.0. The number of rotatable bonds is 1. The molecule has 0 heterocycles. The highest BCUT2D eigenvalue weighted by Gasteiger charge is 1.95. The summed E-state index contributed by atoms with van der Waals surface area (Å²) in [4.78, 5) is 0. The van der Waals surface area contributed by atoms with Gasteiger partial charge in [-0.15, -0.1) is 0 Å². The predicted octanol–water partition coefficient (Wildman–Crippen LogP) is 3.04. The van der Waals surface area contributed by atoms with Crippen molar-refractivity contribution in [1.29, 1.82) is 0 Å². The second kappa shape index (κ2) is 30.6. The third-order valence-corrected chi connectivity index (χ3v) is 0.495. The zero-order valence-electron chi connectivity index (χ0n) is 12.3. The highest BCUT2D eigenvalue weighted by Crippen LogP contribution is 2.07. The summed E-state index contributed by atoms with van der Waals surface area (Å²) < 4.78 is 0. The van der Waals surface area contributed by atoms with Crippen LogP contribution in [0.2, 0.25) is 0 Å². The first-order valence-corrected chi connectivity index (χ1v) is 9.00. The molecule has 0 aromatic carbocycles. The fourth-order valence-corrected chi connectivity index (χ4v) is 0.319. The first-order valence-electron chi connectivity index (χ1n) is 5.33. The summed E-state index contributed by atoms with van der Waals surface area (Å²) in [5.74, 6) is 0. The number of hydrogen-bond acceptors (Lipinski definition) is 4. The fraction of sp³-hybridized carbons (Fsp3) is 0.900. The average molecular weight is 350 g/mol. The maximum atomic E-state index is 5.02. The molecule has 0 aromatic heterocycles. The molecule has 0 bridgehead atoms. The van der Waals surface area contributed by atoms with Gasteiger partial charge in [-0.25, -0.2) is 0 Å². The third kappa shape index (κ3) is 302. The lowest BCUT2D eigenvalue weighted by Gasteiger charge is -2.05. The summed E-state index contributed by atoms with van der Waals surface area (Å²) in [7, 11) is 5.11. The molecule has 0 aliphatic heterocycles. The van der Waals surface area contributed by atoms with Crippen molar-refractivity contribution in [2.24, 2.45) is 16.9 Å². The Hall–Kier alpha value is 0.690. The number of thiocarbonyl (C=S) groups is 1. The lowest BCUT2D eigenvalue weighted by molar-refractivity contribution is 0.469. The van der Waals surface area contributed by atoms with Gasteiger partial charge in [-0.3, -0.25) is 0 Å². The number of hydrogen-bond donors (Lipinski definition) is 3. The van der Waals surface area contributed by atoms with Gasteiger partial charge in [-0.05, 0) is 47.1 Å². The zero-order valence-corrected chi connectivity index (χ0v) is 16.7. The van der Waals surface area contributed by atoms with Crippen LogP contribution in [-0.2, 0) is 23.6 Å². The number of nitrogens with one attached hydrogen (secondary N) is 1.